The molecular weight excluding hydrogens is 545 g/mol. The van der Waals surface area contributed by atoms with E-state index in [4.69, 9.17) is 21.1 Å². The van der Waals surface area contributed by atoms with Crippen LogP contribution >= 0.6 is 39.3 Å². The van der Waals surface area contributed by atoms with Crippen molar-refractivity contribution >= 4 is 62.2 Å². The van der Waals surface area contributed by atoms with Crippen molar-refractivity contribution in [3.8, 4) is 11.5 Å². The summed E-state index contributed by atoms with van der Waals surface area (Å²) in [4.78, 5) is 26.8. The average molecular weight is 563 g/mol. The first-order valence-electron chi connectivity index (χ1n) is 10.2. The van der Waals surface area contributed by atoms with Gasteiger partial charge in [0.05, 0.1) is 26.7 Å². The van der Waals surface area contributed by atoms with Crippen molar-refractivity contribution in [1.29, 1.82) is 0 Å². The summed E-state index contributed by atoms with van der Waals surface area (Å²) < 4.78 is 26.1. The summed E-state index contributed by atoms with van der Waals surface area (Å²) in [7, 11) is 0. The highest BCUT2D eigenvalue weighted by Gasteiger charge is 2.37. The second-order valence-electron chi connectivity index (χ2n) is 7.11. The molecule has 5 nitrogen and oxygen atoms in total. The van der Waals surface area contributed by atoms with Crippen LogP contribution in [0.25, 0.3) is 6.08 Å². The highest BCUT2D eigenvalue weighted by Crippen LogP contribution is 2.41. The first-order valence-corrected chi connectivity index (χ1v) is 12.2. The fraction of sp³-hybridized carbons (Fsp3) is 0.120. The lowest BCUT2D eigenvalue weighted by Crippen LogP contribution is -2.27. The molecule has 2 amide bonds. The Hall–Kier alpha value is -2.81. The Morgan fingerprint density at radius 2 is 1.82 bits per heavy atom. The highest BCUT2D eigenvalue weighted by atomic mass is 79.9. The zero-order valence-corrected chi connectivity index (χ0v) is 21.0. The maximum atomic E-state index is 14.0. The molecule has 0 aromatic heterocycles. The molecule has 0 N–H and O–H groups in total. The summed E-state index contributed by atoms with van der Waals surface area (Å²) in [5.74, 6) is 0.00994. The molecule has 34 heavy (non-hydrogen) atoms. The Morgan fingerprint density at radius 3 is 2.56 bits per heavy atom. The molecule has 1 aliphatic heterocycles. The van der Waals surface area contributed by atoms with Gasteiger partial charge < -0.3 is 9.47 Å². The number of carbonyl (C=O) groups is 2. The van der Waals surface area contributed by atoms with Crippen molar-refractivity contribution in [2.24, 2.45) is 0 Å². The number of rotatable bonds is 7. The standard InChI is InChI=1S/C25H18BrClFNO4S/c1-2-32-21-12-15(11-17(26)23(21)33-14-16-7-3-5-9-19(16)28)13-22-24(30)29(25(31)34-22)20-10-6-4-8-18(20)27/h3-13H,2,14H2,1H3/b22-13-. The maximum Gasteiger partial charge on any atom is 0.298 e. The molecule has 0 spiro atoms. The van der Waals surface area contributed by atoms with Gasteiger partial charge in [-0.2, -0.15) is 0 Å². The number of ether oxygens (including phenoxy) is 2. The number of imide groups is 1. The molecule has 174 valence electrons. The second-order valence-corrected chi connectivity index (χ2v) is 9.37. The van der Waals surface area contributed by atoms with Gasteiger partial charge >= 0.3 is 0 Å². The fourth-order valence-electron chi connectivity index (χ4n) is 3.30. The Kier molecular flexibility index (Phi) is 7.60. The van der Waals surface area contributed by atoms with Gasteiger partial charge in [0.2, 0.25) is 0 Å². The number of hydrogen-bond donors (Lipinski definition) is 0. The van der Waals surface area contributed by atoms with Crippen molar-refractivity contribution in [2.45, 2.75) is 13.5 Å². The van der Waals surface area contributed by atoms with Gasteiger partial charge in [0.15, 0.2) is 11.5 Å². The van der Waals surface area contributed by atoms with Crippen LogP contribution in [0.3, 0.4) is 0 Å². The van der Waals surface area contributed by atoms with Crippen molar-refractivity contribution in [2.75, 3.05) is 11.5 Å². The molecule has 9 heteroatoms. The third kappa shape index (κ3) is 5.14. The average Bonchev–Trinajstić information content (AvgIpc) is 3.07. The van der Waals surface area contributed by atoms with Gasteiger partial charge in [-0.15, -0.1) is 0 Å². The normalized spacial score (nSPS) is 14.7. The van der Waals surface area contributed by atoms with Crippen LogP contribution in [0.4, 0.5) is 14.9 Å². The third-order valence-corrected chi connectivity index (χ3v) is 6.62. The highest BCUT2D eigenvalue weighted by molar-refractivity contribution is 9.10. The molecule has 0 radical (unpaired) electrons. The molecule has 0 bridgehead atoms. The van der Waals surface area contributed by atoms with E-state index in [-0.39, 0.29) is 17.3 Å². The van der Waals surface area contributed by atoms with E-state index < -0.39 is 11.1 Å². The summed E-state index contributed by atoms with van der Waals surface area (Å²) in [6.45, 7) is 2.21. The Balaban J connectivity index is 1.62. The van der Waals surface area contributed by atoms with E-state index in [1.54, 1.807) is 60.7 Å². The monoisotopic (exact) mass is 561 g/mol. The molecule has 3 aromatic carbocycles. The molecule has 0 saturated carbocycles. The number of benzene rings is 3. The minimum absolute atomic E-state index is 0.0153. The minimum Gasteiger partial charge on any atom is -0.490 e. The van der Waals surface area contributed by atoms with Crippen LogP contribution in [0.1, 0.15) is 18.1 Å². The smallest absolute Gasteiger partial charge is 0.298 e. The Morgan fingerprint density at radius 1 is 1.09 bits per heavy atom. The number of para-hydroxylation sites is 1. The maximum absolute atomic E-state index is 14.0. The molecule has 1 heterocycles. The lowest BCUT2D eigenvalue weighted by Gasteiger charge is -2.15. The first kappa shape index (κ1) is 24.3. The Labute approximate surface area is 213 Å². The van der Waals surface area contributed by atoms with E-state index >= 15 is 0 Å². The van der Waals surface area contributed by atoms with Crippen LogP contribution in [0.5, 0.6) is 11.5 Å². The number of halogens is 3. The van der Waals surface area contributed by atoms with Gasteiger partial charge in [-0.05, 0) is 76.6 Å². The van der Waals surface area contributed by atoms with E-state index in [1.807, 2.05) is 6.92 Å². The summed E-state index contributed by atoms with van der Waals surface area (Å²) in [6, 6.07) is 16.5. The first-order chi connectivity index (χ1) is 16.4. The zero-order chi connectivity index (χ0) is 24.2. The number of carbonyl (C=O) groups excluding carboxylic acids is 2. The van der Waals surface area contributed by atoms with Crippen molar-refractivity contribution in [1.82, 2.24) is 0 Å². The van der Waals surface area contributed by atoms with E-state index in [0.29, 0.717) is 44.4 Å². The van der Waals surface area contributed by atoms with Crippen LogP contribution in [0, 0.1) is 5.82 Å². The van der Waals surface area contributed by atoms with Crippen molar-refractivity contribution < 1.29 is 23.5 Å². The predicted octanol–water partition coefficient (Wildman–Crippen LogP) is 7.46. The number of anilines is 1. The summed E-state index contributed by atoms with van der Waals surface area (Å²) >= 11 is 10.5. The van der Waals surface area contributed by atoms with Crippen LogP contribution < -0.4 is 14.4 Å². The van der Waals surface area contributed by atoms with E-state index in [9.17, 15) is 14.0 Å². The summed E-state index contributed by atoms with van der Waals surface area (Å²) in [5, 5.41) is -0.123. The molecule has 3 aromatic rings. The largest absolute Gasteiger partial charge is 0.490 e. The van der Waals surface area contributed by atoms with Gasteiger partial charge in [-0.25, -0.2) is 9.29 Å². The molecule has 1 fully saturated rings. The van der Waals surface area contributed by atoms with Crippen LogP contribution in [-0.4, -0.2) is 17.8 Å². The van der Waals surface area contributed by atoms with E-state index in [0.717, 1.165) is 16.7 Å². The van der Waals surface area contributed by atoms with Crippen molar-refractivity contribution in [3.05, 3.63) is 92.0 Å². The van der Waals surface area contributed by atoms with Gasteiger partial charge in [0.25, 0.3) is 11.1 Å². The molecule has 0 unspecified atom stereocenters. The number of nitrogens with zero attached hydrogens (tertiary/aromatic N) is 1. The topological polar surface area (TPSA) is 55.8 Å². The number of thioether (sulfide) groups is 1. The quantitative estimate of drug-likeness (QED) is 0.280. The predicted molar refractivity (Wildman–Crippen MR) is 136 cm³/mol. The lowest BCUT2D eigenvalue weighted by atomic mass is 10.1. The number of hydrogen-bond acceptors (Lipinski definition) is 5. The fourth-order valence-corrected chi connectivity index (χ4v) is 4.93. The van der Waals surface area contributed by atoms with Crippen molar-refractivity contribution in [3.63, 3.8) is 0 Å². The van der Waals surface area contributed by atoms with Gasteiger partial charge in [0, 0.05) is 5.56 Å². The molecule has 4 rings (SSSR count). The third-order valence-electron chi connectivity index (χ3n) is 4.85. The second kappa shape index (κ2) is 10.6. The molecule has 0 aliphatic carbocycles. The lowest BCUT2D eigenvalue weighted by molar-refractivity contribution is -0.113. The minimum atomic E-state index is -0.461. The molecule has 1 aliphatic rings. The van der Waals surface area contributed by atoms with Gasteiger partial charge in [-0.1, -0.05) is 41.9 Å². The van der Waals surface area contributed by atoms with Crippen LogP contribution in [0.15, 0.2) is 70.0 Å². The molecule has 0 atom stereocenters. The van der Waals surface area contributed by atoms with Gasteiger partial charge in [-0.3, -0.25) is 9.59 Å². The summed E-state index contributed by atoms with van der Waals surface area (Å²) in [5.41, 5.74) is 1.37. The van der Waals surface area contributed by atoms with Crippen LogP contribution in [-0.2, 0) is 11.4 Å². The molecular formula is C25H18BrClFNO4S. The van der Waals surface area contributed by atoms with Crippen LogP contribution in [0.2, 0.25) is 5.02 Å². The summed E-state index contributed by atoms with van der Waals surface area (Å²) in [6.07, 6.45) is 1.61. The van der Waals surface area contributed by atoms with E-state index in [2.05, 4.69) is 15.9 Å². The zero-order valence-electron chi connectivity index (χ0n) is 17.9. The van der Waals surface area contributed by atoms with E-state index in [1.165, 1.54) is 6.07 Å². The molecule has 1 saturated heterocycles. The van der Waals surface area contributed by atoms with Gasteiger partial charge in [0.1, 0.15) is 12.4 Å². The Bertz CT molecular complexity index is 1300. The SMILES string of the molecule is CCOc1cc(/C=C2\SC(=O)N(c3ccccc3Cl)C2=O)cc(Br)c1OCc1ccccc1F. The number of amides is 2.